The number of carbonyl (C=O) groups is 1. The van der Waals surface area contributed by atoms with Gasteiger partial charge in [-0.25, -0.2) is 4.98 Å². The Balaban J connectivity index is 2.78. The van der Waals surface area contributed by atoms with E-state index < -0.39 is 11.9 Å². The molecule has 1 aromatic heterocycles. The minimum absolute atomic E-state index is 0.139. The van der Waals surface area contributed by atoms with Crippen LogP contribution in [0.1, 0.15) is 32.5 Å². The number of aromatic amines is 1. The highest BCUT2D eigenvalue weighted by Crippen LogP contribution is 2.18. The molecule has 0 radical (unpaired) electrons. The first-order valence-electron chi connectivity index (χ1n) is 5.37. The molecule has 1 heterocycles. The fourth-order valence-corrected chi connectivity index (χ4v) is 2.00. The van der Waals surface area contributed by atoms with Crippen LogP contribution in [0, 0.1) is 5.92 Å². The maximum absolute atomic E-state index is 11.4. The Morgan fingerprint density at radius 2 is 2.18 bits per heavy atom. The molecule has 1 atom stereocenters. The van der Waals surface area contributed by atoms with E-state index in [0.717, 1.165) is 0 Å². The number of H-pyrrole nitrogens is 1. The zero-order chi connectivity index (χ0) is 13.0. The van der Waals surface area contributed by atoms with Crippen molar-refractivity contribution < 1.29 is 9.90 Å². The number of nitrogens with one attached hydrogen (secondary N) is 1. The Kier molecular flexibility index (Phi) is 4.74. The molecule has 0 aliphatic rings. The van der Waals surface area contributed by atoms with Gasteiger partial charge < -0.3 is 10.1 Å². The topological polar surface area (TPSA) is 83.0 Å². The number of nitrogens with zero attached hydrogens (tertiary/aromatic N) is 1. The van der Waals surface area contributed by atoms with Crippen LogP contribution in [0.15, 0.2) is 15.9 Å². The lowest BCUT2D eigenvalue weighted by Crippen LogP contribution is -2.14. The smallest absolute Gasteiger partial charge is 0.307 e. The fourth-order valence-electron chi connectivity index (χ4n) is 1.08. The van der Waals surface area contributed by atoms with Crippen molar-refractivity contribution in [3.63, 3.8) is 0 Å². The van der Waals surface area contributed by atoms with Crippen molar-refractivity contribution in [3.8, 4) is 0 Å². The van der Waals surface area contributed by atoms with Gasteiger partial charge in [0.25, 0.3) is 5.56 Å². The van der Waals surface area contributed by atoms with E-state index in [-0.39, 0.29) is 11.5 Å². The van der Waals surface area contributed by atoms with Crippen LogP contribution in [0.3, 0.4) is 0 Å². The average molecular weight is 256 g/mol. The molecule has 0 bridgehead atoms. The standard InChI is InChI=1S/C11H16N2O3S/c1-6(2)10-12-8(14)4-9(13-10)17-5-7(3)11(15)16/h4,6-7H,5H2,1-3H3,(H,15,16)(H,12,13,14). The number of thioether (sulfide) groups is 1. The largest absolute Gasteiger partial charge is 0.481 e. The Morgan fingerprint density at radius 3 is 2.71 bits per heavy atom. The van der Waals surface area contributed by atoms with Crippen molar-refractivity contribution in [2.75, 3.05) is 5.75 Å². The van der Waals surface area contributed by atoms with E-state index in [2.05, 4.69) is 9.97 Å². The second kappa shape index (κ2) is 5.86. The summed E-state index contributed by atoms with van der Waals surface area (Å²) in [7, 11) is 0. The fraction of sp³-hybridized carbons (Fsp3) is 0.545. The predicted octanol–water partition coefficient (Wildman–Crippen LogP) is 1.71. The van der Waals surface area contributed by atoms with E-state index >= 15 is 0 Å². The first-order chi connectivity index (χ1) is 7.90. The van der Waals surface area contributed by atoms with Crippen molar-refractivity contribution in [1.29, 1.82) is 0 Å². The molecule has 0 fully saturated rings. The molecule has 0 spiro atoms. The third kappa shape index (κ3) is 4.22. The maximum Gasteiger partial charge on any atom is 0.307 e. The summed E-state index contributed by atoms with van der Waals surface area (Å²) in [5.41, 5.74) is -0.200. The van der Waals surface area contributed by atoms with Crippen LogP contribution >= 0.6 is 11.8 Å². The van der Waals surface area contributed by atoms with E-state index in [4.69, 9.17) is 5.11 Å². The normalized spacial score (nSPS) is 12.7. The third-order valence-electron chi connectivity index (χ3n) is 2.19. The third-order valence-corrected chi connectivity index (χ3v) is 3.36. The Bertz CT molecular complexity index is 456. The summed E-state index contributed by atoms with van der Waals surface area (Å²) >= 11 is 1.29. The molecule has 0 aromatic carbocycles. The SMILES string of the molecule is CC(CSc1cc(=O)[nH]c(C(C)C)n1)C(=O)O. The molecule has 2 N–H and O–H groups in total. The molecule has 0 aliphatic heterocycles. The van der Waals surface area contributed by atoms with E-state index in [0.29, 0.717) is 16.6 Å². The number of aliphatic carboxylic acids is 1. The van der Waals surface area contributed by atoms with E-state index in [1.54, 1.807) is 6.92 Å². The van der Waals surface area contributed by atoms with Gasteiger partial charge in [0, 0.05) is 17.7 Å². The number of carboxylic acids is 1. The lowest BCUT2D eigenvalue weighted by Gasteiger charge is -2.08. The van der Waals surface area contributed by atoms with Crippen LogP contribution in [-0.2, 0) is 4.79 Å². The first kappa shape index (κ1) is 13.8. The van der Waals surface area contributed by atoms with Crippen LogP contribution in [-0.4, -0.2) is 26.8 Å². The van der Waals surface area contributed by atoms with Crippen LogP contribution in [0.25, 0.3) is 0 Å². The highest BCUT2D eigenvalue weighted by atomic mass is 32.2. The van der Waals surface area contributed by atoms with Gasteiger partial charge in [-0.15, -0.1) is 11.8 Å². The molecule has 1 unspecified atom stereocenters. The highest BCUT2D eigenvalue weighted by molar-refractivity contribution is 7.99. The number of aromatic nitrogens is 2. The molecule has 0 saturated heterocycles. The molecular weight excluding hydrogens is 240 g/mol. The Hall–Kier alpha value is -1.30. The van der Waals surface area contributed by atoms with Gasteiger partial charge in [0.05, 0.1) is 5.92 Å². The number of hydrogen-bond acceptors (Lipinski definition) is 4. The second-order valence-electron chi connectivity index (χ2n) is 4.17. The van der Waals surface area contributed by atoms with Crippen molar-refractivity contribution in [1.82, 2.24) is 9.97 Å². The molecular formula is C11H16N2O3S. The summed E-state index contributed by atoms with van der Waals surface area (Å²) < 4.78 is 0. The molecule has 94 valence electrons. The average Bonchev–Trinajstić information content (AvgIpc) is 2.24. The van der Waals surface area contributed by atoms with Gasteiger partial charge in [-0.2, -0.15) is 0 Å². The highest BCUT2D eigenvalue weighted by Gasteiger charge is 2.12. The first-order valence-corrected chi connectivity index (χ1v) is 6.35. The number of hydrogen-bond donors (Lipinski definition) is 2. The zero-order valence-corrected chi connectivity index (χ0v) is 10.9. The maximum atomic E-state index is 11.4. The van der Waals surface area contributed by atoms with Gasteiger partial charge in [0.15, 0.2) is 0 Å². The molecule has 5 nitrogen and oxygen atoms in total. The quantitative estimate of drug-likeness (QED) is 0.619. The van der Waals surface area contributed by atoms with Gasteiger partial charge in [0.2, 0.25) is 0 Å². The zero-order valence-electron chi connectivity index (χ0n) is 10.1. The van der Waals surface area contributed by atoms with Gasteiger partial charge in [-0.05, 0) is 0 Å². The van der Waals surface area contributed by atoms with E-state index in [1.165, 1.54) is 17.8 Å². The predicted molar refractivity (Wildman–Crippen MR) is 66.5 cm³/mol. The Morgan fingerprint density at radius 1 is 1.53 bits per heavy atom. The number of rotatable bonds is 5. The van der Waals surface area contributed by atoms with Crippen molar-refractivity contribution >= 4 is 17.7 Å². The van der Waals surface area contributed by atoms with Gasteiger partial charge >= 0.3 is 5.97 Å². The van der Waals surface area contributed by atoms with Gasteiger partial charge in [-0.1, -0.05) is 20.8 Å². The van der Waals surface area contributed by atoms with Crippen molar-refractivity contribution in [3.05, 3.63) is 22.2 Å². The Labute approximate surface area is 104 Å². The van der Waals surface area contributed by atoms with Crippen LogP contribution < -0.4 is 5.56 Å². The molecule has 17 heavy (non-hydrogen) atoms. The minimum Gasteiger partial charge on any atom is -0.481 e. The molecule has 1 aromatic rings. The van der Waals surface area contributed by atoms with Crippen molar-refractivity contribution in [2.45, 2.75) is 31.7 Å². The summed E-state index contributed by atoms with van der Waals surface area (Å²) in [6, 6.07) is 1.39. The summed E-state index contributed by atoms with van der Waals surface area (Å²) in [6.07, 6.45) is 0. The molecule has 1 rings (SSSR count). The van der Waals surface area contributed by atoms with Gasteiger partial charge in [-0.3, -0.25) is 9.59 Å². The molecule has 0 amide bonds. The molecule has 0 saturated carbocycles. The summed E-state index contributed by atoms with van der Waals surface area (Å²) in [6.45, 7) is 5.51. The van der Waals surface area contributed by atoms with Crippen LogP contribution in [0.5, 0.6) is 0 Å². The van der Waals surface area contributed by atoms with Crippen LogP contribution in [0.2, 0.25) is 0 Å². The monoisotopic (exact) mass is 256 g/mol. The van der Waals surface area contributed by atoms with E-state index in [1.807, 2.05) is 13.8 Å². The summed E-state index contributed by atoms with van der Waals surface area (Å²) in [4.78, 5) is 29.0. The molecule has 0 aliphatic carbocycles. The van der Waals surface area contributed by atoms with Crippen molar-refractivity contribution in [2.24, 2.45) is 5.92 Å². The second-order valence-corrected chi connectivity index (χ2v) is 5.21. The lowest BCUT2D eigenvalue weighted by atomic mass is 10.2. The molecule has 6 heteroatoms. The van der Waals surface area contributed by atoms with E-state index in [9.17, 15) is 9.59 Å². The minimum atomic E-state index is -0.841. The summed E-state index contributed by atoms with van der Waals surface area (Å²) in [5, 5.41) is 9.33. The number of carboxylic acid groups (broad SMARTS) is 1. The van der Waals surface area contributed by atoms with Gasteiger partial charge in [0.1, 0.15) is 10.9 Å². The lowest BCUT2D eigenvalue weighted by molar-refractivity contribution is -0.140. The summed E-state index contributed by atoms with van der Waals surface area (Å²) in [5.74, 6) is -0.123. The van der Waals surface area contributed by atoms with Crippen LogP contribution in [0.4, 0.5) is 0 Å².